The fourth-order valence-corrected chi connectivity index (χ4v) is 3.24. The topological polar surface area (TPSA) is 66.1 Å². The van der Waals surface area contributed by atoms with Gasteiger partial charge in [-0.2, -0.15) is 0 Å². The molecule has 1 aromatic carbocycles. The zero-order valence-corrected chi connectivity index (χ0v) is 14.0. The number of amides is 1. The van der Waals surface area contributed by atoms with Crippen LogP contribution in [-0.4, -0.2) is 32.6 Å². The van der Waals surface area contributed by atoms with Crippen molar-refractivity contribution in [1.29, 1.82) is 0 Å². The second-order valence-electron chi connectivity index (χ2n) is 6.52. The minimum atomic E-state index is -0.434. The number of carbonyl (C=O) groups is 2. The van der Waals surface area contributed by atoms with Crippen molar-refractivity contribution in [2.75, 3.05) is 0 Å². The molecule has 0 spiro atoms. The van der Waals surface area contributed by atoms with Gasteiger partial charge in [0.1, 0.15) is 0 Å². The van der Waals surface area contributed by atoms with Gasteiger partial charge < -0.3 is 9.88 Å². The highest BCUT2D eigenvalue weighted by atomic mass is 16.2. The molecular weight excluding hydrogens is 314 g/mol. The van der Waals surface area contributed by atoms with Crippen LogP contribution in [0.4, 0.5) is 0 Å². The van der Waals surface area contributed by atoms with E-state index in [2.05, 4.69) is 9.97 Å². The van der Waals surface area contributed by atoms with Crippen LogP contribution < -0.4 is 0 Å². The zero-order chi connectivity index (χ0) is 17.4. The molecule has 1 aliphatic carbocycles. The number of nitrogens with zero attached hydrogens (tertiary/aromatic N) is 2. The standard InChI is InChI=1S/C20H19N3O2/c1-13-18(16-4-2-3-5-17(16)22-13)19(24)20(25)23(15-6-7-15)12-14-8-10-21-11-9-14/h2-5,8-11,15,22H,6-7,12H2,1H3. The predicted octanol–water partition coefficient (Wildman–Crippen LogP) is 3.25. The normalized spacial score (nSPS) is 13.8. The van der Waals surface area contributed by atoms with Gasteiger partial charge in [0.2, 0.25) is 0 Å². The lowest BCUT2D eigenvalue weighted by atomic mass is 10.1. The van der Waals surface area contributed by atoms with E-state index in [9.17, 15) is 9.59 Å². The summed E-state index contributed by atoms with van der Waals surface area (Å²) in [6.07, 6.45) is 5.32. The molecule has 1 fully saturated rings. The van der Waals surface area contributed by atoms with Gasteiger partial charge in [-0.05, 0) is 43.5 Å². The Balaban J connectivity index is 1.65. The number of hydrogen-bond acceptors (Lipinski definition) is 3. The van der Waals surface area contributed by atoms with Gasteiger partial charge in [-0.1, -0.05) is 18.2 Å². The Kier molecular flexibility index (Phi) is 3.84. The van der Waals surface area contributed by atoms with Crippen LogP contribution >= 0.6 is 0 Å². The number of fused-ring (bicyclic) bond motifs is 1. The van der Waals surface area contributed by atoms with E-state index in [0.29, 0.717) is 12.1 Å². The number of aryl methyl sites for hydroxylation is 1. The van der Waals surface area contributed by atoms with E-state index in [4.69, 9.17) is 0 Å². The third-order valence-electron chi connectivity index (χ3n) is 4.67. The average Bonchev–Trinajstić information content (AvgIpc) is 3.41. The summed E-state index contributed by atoms with van der Waals surface area (Å²) in [5.41, 5.74) is 3.09. The van der Waals surface area contributed by atoms with Crippen LogP contribution in [0.15, 0.2) is 48.8 Å². The van der Waals surface area contributed by atoms with Crippen molar-refractivity contribution in [3.05, 3.63) is 65.6 Å². The summed E-state index contributed by atoms with van der Waals surface area (Å²) in [7, 11) is 0. The summed E-state index contributed by atoms with van der Waals surface area (Å²) < 4.78 is 0. The second kappa shape index (κ2) is 6.16. The minimum Gasteiger partial charge on any atom is -0.358 e. The van der Waals surface area contributed by atoms with Crippen molar-refractivity contribution < 1.29 is 9.59 Å². The van der Waals surface area contributed by atoms with E-state index >= 15 is 0 Å². The number of hydrogen-bond donors (Lipinski definition) is 1. The van der Waals surface area contributed by atoms with Crippen LogP contribution in [0.25, 0.3) is 10.9 Å². The minimum absolute atomic E-state index is 0.162. The number of benzene rings is 1. The molecule has 3 aromatic rings. The first-order valence-electron chi connectivity index (χ1n) is 8.46. The smallest absolute Gasteiger partial charge is 0.295 e. The molecule has 4 rings (SSSR count). The summed E-state index contributed by atoms with van der Waals surface area (Å²) >= 11 is 0. The third-order valence-corrected chi connectivity index (χ3v) is 4.67. The monoisotopic (exact) mass is 333 g/mol. The molecule has 1 amide bonds. The number of Topliss-reactive ketones (excluding diaryl/α,β-unsaturated/α-hetero) is 1. The average molecular weight is 333 g/mol. The van der Waals surface area contributed by atoms with Crippen LogP contribution in [-0.2, 0) is 11.3 Å². The number of nitrogens with one attached hydrogen (secondary N) is 1. The number of rotatable bonds is 5. The van der Waals surface area contributed by atoms with Crippen molar-refractivity contribution in [2.24, 2.45) is 0 Å². The first-order chi connectivity index (χ1) is 12.1. The van der Waals surface area contributed by atoms with Crippen LogP contribution in [0, 0.1) is 6.92 Å². The molecular formula is C20H19N3O2. The highest BCUT2D eigenvalue weighted by molar-refractivity contribution is 6.45. The van der Waals surface area contributed by atoms with E-state index in [1.54, 1.807) is 17.3 Å². The van der Waals surface area contributed by atoms with Gasteiger partial charge in [-0.25, -0.2) is 0 Å². The third kappa shape index (κ3) is 2.93. The molecule has 2 heterocycles. The molecule has 1 saturated carbocycles. The molecule has 2 aromatic heterocycles. The first kappa shape index (κ1) is 15.6. The Morgan fingerprint density at radius 1 is 1.16 bits per heavy atom. The van der Waals surface area contributed by atoms with Crippen LogP contribution in [0.1, 0.15) is 34.5 Å². The van der Waals surface area contributed by atoms with Crippen LogP contribution in [0.3, 0.4) is 0 Å². The van der Waals surface area contributed by atoms with E-state index in [1.165, 1.54) is 0 Å². The largest absolute Gasteiger partial charge is 0.358 e. The molecule has 0 atom stereocenters. The maximum atomic E-state index is 13.0. The highest BCUT2D eigenvalue weighted by Crippen LogP contribution is 2.30. The fourth-order valence-electron chi connectivity index (χ4n) is 3.24. The Morgan fingerprint density at radius 3 is 2.60 bits per heavy atom. The van der Waals surface area contributed by atoms with Crippen molar-refractivity contribution in [2.45, 2.75) is 32.4 Å². The molecule has 1 aliphatic rings. The number of carbonyl (C=O) groups excluding carboxylic acids is 2. The number of ketones is 1. The number of para-hydroxylation sites is 1. The molecule has 25 heavy (non-hydrogen) atoms. The lowest BCUT2D eigenvalue weighted by Gasteiger charge is -2.21. The van der Waals surface area contributed by atoms with Gasteiger partial charge in [0.15, 0.2) is 0 Å². The van der Waals surface area contributed by atoms with Crippen molar-refractivity contribution in [1.82, 2.24) is 14.9 Å². The van der Waals surface area contributed by atoms with E-state index in [0.717, 1.165) is 35.0 Å². The molecule has 0 aliphatic heterocycles. The van der Waals surface area contributed by atoms with E-state index < -0.39 is 11.7 Å². The van der Waals surface area contributed by atoms with Gasteiger partial charge in [0, 0.05) is 41.6 Å². The molecule has 0 saturated heterocycles. The molecule has 5 heteroatoms. The maximum Gasteiger partial charge on any atom is 0.295 e. The number of H-pyrrole nitrogens is 1. The van der Waals surface area contributed by atoms with Gasteiger partial charge in [-0.15, -0.1) is 0 Å². The number of pyridine rings is 1. The SMILES string of the molecule is Cc1[nH]c2ccccc2c1C(=O)C(=O)N(Cc1ccncc1)C1CC1. The second-order valence-corrected chi connectivity index (χ2v) is 6.52. The lowest BCUT2D eigenvalue weighted by Crippen LogP contribution is -2.38. The lowest BCUT2D eigenvalue weighted by molar-refractivity contribution is -0.127. The summed E-state index contributed by atoms with van der Waals surface area (Å²) in [6, 6.07) is 11.5. The Labute approximate surface area is 145 Å². The molecule has 126 valence electrons. The van der Waals surface area contributed by atoms with Gasteiger partial charge in [0.05, 0.1) is 5.56 Å². The summed E-state index contributed by atoms with van der Waals surface area (Å²) in [5.74, 6) is -0.858. The van der Waals surface area contributed by atoms with Gasteiger partial charge in [-0.3, -0.25) is 14.6 Å². The van der Waals surface area contributed by atoms with Crippen molar-refractivity contribution in [3.63, 3.8) is 0 Å². The van der Waals surface area contributed by atoms with E-state index in [-0.39, 0.29) is 6.04 Å². The molecule has 0 bridgehead atoms. The Hall–Kier alpha value is -2.95. The number of aromatic amines is 1. The Morgan fingerprint density at radius 2 is 1.88 bits per heavy atom. The highest BCUT2D eigenvalue weighted by Gasteiger charge is 2.36. The first-order valence-corrected chi connectivity index (χ1v) is 8.46. The van der Waals surface area contributed by atoms with Crippen molar-refractivity contribution in [3.8, 4) is 0 Å². The maximum absolute atomic E-state index is 13.0. The quantitative estimate of drug-likeness (QED) is 0.576. The molecule has 0 unspecified atom stereocenters. The van der Waals surface area contributed by atoms with Gasteiger partial charge in [0.25, 0.3) is 11.7 Å². The Bertz CT molecular complexity index is 942. The molecule has 0 radical (unpaired) electrons. The van der Waals surface area contributed by atoms with Crippen molar-refractivity contribution >= 4 is 22.6 Å². The van der Waals surface area contributed by atoms with Gasteiger partial charge >= 0.3 is 0 Å². The van der Waals surface area contributed by atoms with Crippen LogP contribution in [0.2, 0.25) is 0 Å². The zero-order valence-electron chi connectivity index (χ0n) is 14.0. The van der Waals surface area contributed by atoms with Crippen LogP contribution in [0.5, 0.6) is 0 Å². The molecule has 1 N–H and O–H groups in total. The summed E-state index contributed by atoms with van der Waals surface area (Å²) in [4.78, 5) is 34.9. The summed E-state index contributed by atoms with van der Waals surface area (Å²) in [6.45, 7) is 2.28. The fraction of sp³-hybridized carbons (Fsp3) is 0.250. The predicted molar refractivity (Wildman–Crippen MR) is 95.2 cm³/mol. The molecule has 5 nitrogen and oxygen atoms in total. The summed E-state index contributed by atoms with van der Waals surface area (Å²) in [5, 5.41) is 0.804. The van der Waals surface area contributed by atoms with E-state index in [1.807, 2.05) is 43.3 Å². The number of aromatic nitrogens is 2.